The summed E-state index contributed by atoms with van der Waals surface area (Å²) in [5, 5.41) is 2.59. The monoisotopic (exact) mass is 417 g/mol. The van der Waals surface area contributed by atoms with Crippen LogP contribution in [0.5, 0.6) is 0 Å². The van der Waals surface area contributed by atoms with E-state index in [-0.39, 0.29) is 5.56 Å². The summed E-state index contributed by atoms with van der Waals surface area (Å²) in [6, 6.07) is 13.5. The molecule has 0 saturated carbocycles. The minimum Gasteiger partial charge on any atom is -0.408 e. The Balaban J connectivity index is 1.50. The Labute approximate surface area is 175 Å². The number of oxazole rings is 1. The molecule has 0 amide bonds. The minimum atomic E-state index is -0.409. The number of aromatic nitrogens is 3. The Morgan fingerprint density at radius 3 is 2.77 bits per heavy atom. The number of hydrogen-bond acceptors (Lipinski definition) is 5. The highest BCUT2D eigenvalue weighted by Crippen LogP contribution is 2.31. The lowest BCUT2D eigenvalue weighted by molar-refractivity contribution is 0.503. The zero-order valence-electron chi connectivity index (χ0n) is 16.6. The van der Waals surface area contributed by atoms with Gasteiger partial charge in [-0.3, -0.25) is 9.36 Å². The highest BCUT2D eigenvalue weighted by Gasteiger charge is 2.14. The number of benzene rings is 2. The molecule has 150 valence electrons. The molecular formula is C23H19N3O3S. The van der Waals surface area contributed by atoms with Gasteiger partial charge in [-0.1, -0.05) is 30.3 Å². The molecule has 3 heterocycles. The molecule has 0 aliphatic rings. The zero-order chi connectivity index (χ0) is 20.8. The van der Waals surface area contributed by atoms with Crippen LogP contribution < -0.4 is 11.3 Å². The van der Waals surface area contributed by atoms with E-state index in [0.29, 0.717) is 34.6 Å². The lowest BCUT2D eigenvalue weighted by Crippen LogP contribution is -2.18. The fraction of sp³-hybridized carbons (Fsp3) is 0.174. The number of thiophene rings is 1. The summed E-state index contributed by atoms with van der Waals surface area (Å²) in [5.74, 6) is 0.144. The number of nitrogens with one attached hydrogen (secondary N) is 1. The summed E-state index contributed by atoms with van der Waals surface area (Å²) < 4.78 is 6.83. The van der Waals surface area contributed by atoms with Crippen LogP contribution in [0.2, 0.25) is 0 Å². The first-order valence-corrected chi connectivity index (χ1v) is 10.6. The van der Waals surface area contributed by atoms with Gasteiger partial charge in [0.05, 0.1) is 10.9 Å². The molecule has 0 saturated heterocycles. The van der Waals surface area contributed by atoms with E-state index in [0.717, 1.165) is 16.6 Å². The van der Waals surface area contributed by atoms with E-state index in [1.165, 1.54) is 22.5 Å². The maximum Gasteiger partial charge on any atom is 0.419 e. The van der Waals surface area contributed by atoms with Crippen molar-refractivity contribution >= 4 is 32.7 Å². The molecule has 7 heteroatoms. The molecule has 0 radical (unpaired) electrons. The van der Waals surface area contributed by atoms with Gasteiger partial charge in [-0.2, -0.15) is 0 Å². The lowest BCUT2D eigenvalue weighted by Gasteiger charge is -2.05. The number of nitrogens with zero attached hydrogens (tertiary/aromatic N) is 2. The van der Waals surface area contributed by atoms with Crippen LogP contribution in [0.4, 0.5) is 0 Å². The second-order valence-electron chi connectivity index (χ2n) is 7.38. The van der Waals surface area contributed by atoms with Gasteiger partial charge in [-0.15, -0.1) is 11.3 Å². The van der Waals surface area contributed by atoms with E-state index in [1.807, 2.05) is 29.6 Å². The molecule has 6 nitrogen and oxygen atoms in total. The minimum absolute atomic E-state index is 0.158. The lowest BCUT2D eigenvalue weighted by atomic mass is 10.0. The number of rotatable bonds is 4. The summed E-state index contributed by atoms with van der Waals surface area (Å²) in [7, 11) is 0. The van der Waals surface area contributed by atoms with Crippen molar-refractivity contribution in [2.75, 3.05) is 0 Å². The Hall–Kier alpha value is -3.45. The topological polar surface area (TPSA) is 80.9 Å². The van der Waals surface area contributed by atoms with Crippen LogP contribution >= 0.6 is 11.3 Å². The van der Waals surface area contributed by atoms with Crippen molar-refractivity contribution < 1.29 is 4.42 Å². The maximum atomic E-state index is 12.9. The molecular weight excluding hydrogens is 398 g/mol. The summed E-state index contributed by atoms with van der Waals surface area (Å²) in [5.41, 5.74) is 5.44. The fourth-order valence-electron chi connectivity index (χ4n) is 3.68. The molecule has 0 atom stereocenters. The van der Waals surface area contributed by atoms with Crippen molar-refractivity contribution in [1.82, 2.24) is 14.5 Å². The molecule has 0 aliphatic carbocycles. The molecule has 3 aromatic heterocycles. The van der Waals surface area contributed by atoms with Crippen LogP contribution in [0.15, 0.2) is 61.9 Å². The quantitative estimate of drug-likeness (QED) is 0.469. The molecule has 0 unspecified atom stereocenters. The molecule has 0 aliphatic heterocycles. The highest BCUT2D eigenvalue weighted by molar-refractivity contribution is 7.17. The van der Waals surface area contributed by atoms with E-state index in [4.69, 9.17) is 4.42 Å². The van der Waals surface area contributed by atoms with E-state index in [2.05, 4.69) is 35.9 Å². The molecule has 0 bridgehead atoms. The Bertz CT molecular complexity index is 1520. The van der Waals surface area contributed by atoms with Gasteiger partial charge in [0.15, 0.2) is 5.58 Å². The third kappa shape index (κ3) is 3.07. The number of aromatic amines is 1. The smallest absolute Gasteiger partial charge is 0.408 e. The third-order valence-electron chi connectivity index (χ3n) is 5.46. The standard InChI is InChI=1S/C23H19N3O3S/c1-13-7-8-15(11-14(13)2)16-12-30-22-20(16)21(27)24-19(25-22)9-10-26-17-5-3-4-6-18(17)29-23(26)28/h3-8,11-12H,9-10H2,1-2H3,(H,24,25,27). The number of aryl methyl sites for hydroxylation is 4. The van der Waals surface area contributed by atoms with Crippen molar-refractivity contribution in [1.29, 1.82) is 0 Å². The summed E-state index contributed by atoms with van der Waals surface area (Å²) in [6.45, 7) is 4.51. The average Bonchev–Trinajstić information content (AvgIpc) is 3.29. The first kappa shape index (κ1) is 18.6. The Morgan fingerprint density at radius 2 is 1.93 bits per heavy atom. The zero-order valence-corrected chi connectivity index (χ0v) is 17.4. The second-order valence-corrected chi connectivity index (χ2v) is 8.24. The van der Waals surface area contributed by atoms with E-state index >= 15 is 0 Å². The van der Waals surface area contributed by atoms with Crippen LogP contribution in [-0.2, 0) is 13.0 Å². The summed E-state index contributed by atoms with van der Waals surface area (Å²) >= 11 is 1.46. The largest absolute Gasteiger partial charge is 0.419 e. The first-order valence-electron chi connectivity index (χ1n) is 9.67. The normalized spacial score (nSPS) is 11.5. The third-order valence-corrected chi connectivity index (χ3v) is 6.33. The number of hydrogen-bond donors (Lipinski definition) is 1. The van der Waals surface area contributed by atoms with Crippen molar-refractivity contribution in [2.45, 2.75) is 26.8 Å². The highest BCUT2D eigenvalue weighted by atomic mass is 32.1. The molecule has 0 spiro atoms. The van der Waals surface area contributed by atoms with Crippen LogP contribution in [0.25, 0.3) is 32.4 Å². The summed E-state index contributed by atoms with van der Waals surface area (Å²) in [4.78, 5) is 33.3. The van der Waals surface area contributed by atoms with Crippen LogP contribution in [-0.4, -0.2) is 14.5 Å². The first-order chi connectivity index (χ1) is 14.5. The van der Waals surface area contributed by atoms with Crippen LogP contribution in [0.1, 0.15) is 17.0 Å². The van der Waals surface area contributed by atoms with Gasteiger partial charge >= 0.3 is 5.76 Å². The fourth-order valence-corrected chi connectivity index (χ4v) is 4.64. The number of H-pyrrole nitrogens is 1. The second kappa shape index (κ2) is 7.11. The molecule has 1 N–H and O–H groups in total. The number of fused-ring (bicyclic) bond motifs is 2. The van der Waals surface area contributed by atoms with Gasteiger partial charge in [0.1, 0.15) is 10.7 Å². The van der Waals surface area contributed by atoms with Gasteiger partial charge in [0.25, 0.3) is 5.56 Å². The van der Waals surface area contributed by atoms with Crippen molar-refractivity contribution in [3.63, 3.8) is 0 Å². The molecule has 5 rings (SSSR count). The van der Waals surface area contributed by atoms with Gasteiger partial charge in [0, 0.05) is 23.9 Å². The van der Waals surface area contributed by atoms with Crippen molar-refractivity contribution in [2.24, 2.45) is 0 Å². The van der Waals surface area contributed by atoms with Gasteiger partial charge in [-0.25, -0.2) is 9.78 Å². The van der Waals surface area contributed by atoms with Crippen LogP contribution in [0.3, 0.4) is 0 Å². The van der Waals surface area contributed by atoms with Gasteiger partial charge < -0.3 is 9.40 Å². The van der Waals surface area contributed by atoms with Crippen molar-refractivity contribution in [3.05, 3.63) is 85.7 Å². The molecule has 2 aromatic carbocycles. The van der Waals surface area contributed by atoms with Gasteiger partial charge in [-0.05, 0) is 42.7 Å². The van der Waals surface area contributed by atoms with Crippen LogP contribution in [0, 0.1) is 13.8 Å². The Morgan fingerprint density at radius 1 is 1.10 bits per heavy atom. The van der Waals surface area contributed by atoms with Crippen molar-refractivity contribution in [3.8, 4) is 11.1 Å². The van der Waals surface area contributed by atoms with E-state index in [1.54, 1.807) is 10.6 Å². The predicted octanol–water partition coefficient (Wildman–Crippen LogP) is 4.42. The molecule has 5 aromatic rings. The molecule has 0 fully saturated rings. The SMILES string of the molecule is Cc1ccc(-c2csc3nc(CCn4c(=O)oc5ccccc54)[nH]c(=O)c23)cc1C. The predicted molar refractivity (Wildman–Crippen MR) is 119 cm³/mol. The maximum absolute atomic E-state index is 12.9. The average molecular weight is 417 g/mol. The summed E-state index contributed by atoms with van der Waals surface area (Å²) in [6.07, 6.45) is 0.422. The van der Waals surface area contributed by atoms with Gasteiger partial charge in [0.2, 0.25) is 0 Å². The van der Waals surface area contributed by atoms with E-state index < -0.39 is 5.76 Å². The number of para-hydroxylation sites is 2. The molecule has 30 heavy (non-hydrogen) atoms. The van der Waals surface area contributed by atoms with E-state index in [9.17, 15) is 9.59 Å². The Kier molecular flexibility index (Phi) is 4.40.